The highest BCUT2D eigenvalue weighted by molar-refractivity contribution is 5.83. The summed E-state index contributed by atoms with van der Waals surface area (Å²) in [6.45, 7) is 3.44. The van der Waals surface area contributed by atoms with Crippen molar-refractivity contribution in [1.82, 2.24) is 0 Å². The van der Waals surface area contributed by atoms with Crippen molar-refractivity contribution in [2.24, 2.45) is 5.92 Å². The lowest BCUT2D eigenvalue weighted by Crippen LogP contribution is -2.21. The maximum atomic E-state index is 11.0. The van der Waals surface area contributed by atoms with Crippen LogP contribution in [0.1, 0.15) is 19.3 Å². The number of carbonyl (C=O) groups excluding carboxylic acids is 1. The first kappa shape index (κ1) is 7.48. The molecule has 0 aromatic carbocycles. The van der Waals surface area contributed by atoms with E-state index >= 15 is 0 Å². The number of hydrogen-bond acceptors (Lipinski definition) is 2. The minimum absolute atomic E-state index is 0.155. The Morgan fingerprint density at radius 3 is 2.90 bits per heavy atom. The van der Waals surface area contributed by atoms with Gasteiger partial charge in [0.25, 0.3) is 0 Å². The molecule has 0 aromatic rings. The zero-order chi connectivity index (χ0) is 7.56. The van der Waals surface area contributed by atoms with Gasteiger partial charge in [-0.2, -0.15) is 0 Å². The first-order valence-electron chi connectivity index (χ1n) is 3.59. The lowest BCUT2D eigenvalue weighted by atomic mass is 10.0. The molecule has 1 saturated carbocycles. The van der Waals surface area contributed by atoms with Crippen LogP contribution in [-0.2, 0) is 4.79 Å². The Morgan fingerprint density at radius 1 is 1.80 bits per heavy atom. The summed E-state index contributed by atoms with van der Waals surface area (Å²) in [6.07, 6.45) is 3.21. The van der Waals surface area contributed by atoms with Crippen molar-refractivity contribution in [2.45, 2.75) is 25.4 Å². The molecule has 0 radical (unpaired) electrons. The van der Waals surface area contributed by atoms with Crippen molar-refractivity contribution in [3.05, 3.63) is 12.7 Å². The lowest BCUT2D eigenvalue weighted by Gasteiger charge is -2.10. The second-order valence-corrected chi connectivity index (χ2v) is 2.69. The largest absolute Gasteiger partial charge is 0.388 e. The van der Waals surface area contributed by atoms with E-state index in [0.29, 0.717) is 6.42 Å². The first-order valence-corrected chi connectivity index (χ1v) is 3.59. The van der Waals surface area contributed by atoms with Crippen LogP contribution in [0, 0.1) is 5.92 Å². The molecule has 0 spiro atoms. The van der Waals surface area contributed by atoms with E-state index in [9.17, 15) is 9.90 Å². The molecule has 0 amide bonds. The molecule has 0 heterocycles. The number of ketones is 1. The minimum Gasteiger partial charge on any atom is -0.388 e. The molecule has 1 N–H and O–H groups in total. The van der Waals surface area contributed by atoms with E-state index in [4.69, 9.17) is 0 Å². The van der Waals surface area contributed by atoms with Gasteiger partial charge < -0.3 is 5.11 Å². The van der Waals surface area contributed by atoms with Crippen LogP contribution in [-0.4, -0.2) is 17.0 Å². The van der Waals surface area contributed by atoms with Crippen LogP contribution >= 0.6 is 0 Å². The SMILES string of the molecule is C=CC(O)C1CCCC1=O. The van der Waals surface area contributed by atoms with Crippen LogP contribution in [0.5, 0.6) is 0 Å². The molecule has 0 aromatic heterocycles. The maximum Gasteiger partial charge on any atom is 0.138 e. The van der Waals surface area contributed by atoms with Crippen molar-refractivity contribution in [3.8, 4) is 0 Å². The molecule has 0 bridgehead atoms. The van der Waals surface area contributed by atoms with E-state index in [1.54, 1.807) is 0 Å². The van der Waals surface area contributed by atoms with Crippen molar-refractivity contribution in [3.63, 3.8) is 0 Å². The van der Waals surface area contributed by atoms with Gasteiger partial charge in [0, 0.05) is 12.3 Å². The fourth-order valence-electron chi connectivity index (χ4n) is 1.37. The highest BCUT2D eigenvalue weighted by Crippen LogP contribution is 2.24. The van der Waals surface area contributed by atoms with Gasteiger partial charge in [-0.3, -0.25) is 4.79 Å². The zero-order valence-corrected chi connectivity index (χ0v) is 5.92. The molecule has 0 aliphatic heterocycles. The fourth-order valence-corrected chi connectivity index (χ4v) is 1.37. The molecule has 1 fully saturated rings. The smallest absolute Gasteiger partial charge is 0.138 e. The second-order valence-electron chi connectivity index (χ2n) is 2.69. The molecule has 56 valence electrons. The van der Waals surface area contributed by atoms with E-state index in [2.05, 4.69) is 6.58 Å². The van der Waals surface area contributed by atoms with Gasteiger partial charge in [0.1, 0.15) is 5.78 Å². The molecule has 1 rings (SSSR count). The van der Waals surface area contributed by atoms with Crippen LogP contribution in [0.25, 0.3) is 0 Å². The maximum absolute atomic E-state index is 11.0. The molecule has 1 aliphatic rings. The van der Waals surface area contributed by atoms with Gasteiger partial charge in [-0.05, 0) is 12.8 Å². The summed E-state index contributed by atoms with van der Waals surface area (Å²) in [5.41, 5.74) is 0. The number of carbonyl (C=O) groups is 1. The lowest BCUT2D eigenvalue weighted by molar-refractivity contribution is -0.122. The summed E-state index contributed by atoms with van der Waals surface area (Å²) in [5, 5.41) is 9.19. The quantitative estimate of drug-likeness (QED) is 0.579. The molecule has 1 aliphatic carbocycles. The second kappa shape index (κ2) is 2.97. The van der Waals surface area contributed by atoms with Crippen molar-refractivity contribution >= 4 is 5.78 Å². The van der Waals surface area contributed by atoms with E-state index in [-0.39, 0.29) is 11.7 Å². The Balaban J connectivity index is 2.54. The fraction of sp³-hybridized carbons (Fsp3) is 0.625. The van der Waals surface area contributed by atoms with E-state index < -0.39 is 6.10 Å². The standard InChI is InChI=1S/C8H12O2/c1-2-7(9)6-4-3-5-8(6)10/h2,6-7,9H,1,3-5H2. The predicted octanol–water partition coefficient (Wildman–Crippen LogP) is 0.902. The summed E-state index contributed by atoms with van der Waals surface area (Å²) >= 11 is 0. The summed E-state index contributed by atoms with van der Waals surface area (Å²) in [4.78, 5) is 11.0. The van der Waals surface area contributed by atoms with Crippen molar-refractivity contribution in [2.75, 3.05) is 0 Å². The highest BCUT2D eigenvalue weighted by atomic mass is 16.3. The zero-order valence-electron chi connectivity index (χ0n) is 5.92. The molecule has 2 atom stereocenters. The Kier molecular flexibility index (Phi) is 2.22. The third-order valence-corrected chi connectivity index (χ3v) is 2.01. The number of aliphatic hydroxyl groups is 1. The number of hydrogen-bond donors (Lipinski definition) is 1. The predicted molar refractivity (Wildman–Crippen MR) is 38.6 cm³/mol. The van der Waals surface area contributed by atoms with Crippen LogP contribution in [0.3, 0.4) is 0 Å². The van der Waals surface area contributed by atoms with Gasteiger partial charge in [-0.1, -0.05) is 6.08 Å². The molecule has 2 unspecified atom stereocenters. The van der Waals surface area contributed by atoms with Crippen LogP contribution < -0.4 is 0 Å². The van der Waals surface area contributed by atoms with Gasteiger partial charge in [0.15, 0.2) is 0 Å². The number of rotatable bonds is 2. The van der Waals surface area contributed by atoms with Gasteiger partial charge in [-0.25, -0.2) is 0 Å². The van der Waals surface area contributed by atoms with Crippen LogP contribution in [0.4, 0.5) is 0 Å². The first-order chi connectivity index (χ1) is 4.75. The summed E-state index contributed by atoms with van der Waals surface area (Å²) in [5.74, 6) is 0.0323. The molecular weight excluding hydrogens is 128 g/mol. The third-order valence-electron chi connectivity index (χ3n) is 2.01. The Labute approximate surface area is 60.6 Å². The van der Waals surface area contributed by atoms with E-state index in [0.717, 1.165) is 12.8 Å². The summed E-state index contributed by atoms with van der Waals surface area (Å²) < 4.78 is 0. The van der Waals surface area contributed by atoms with Crippen molar-refractivity contribution < 1.29 is 9.90 Å². The Bertz CT molecular complexity index is 151. The molecular formula is C8H12O2. The third kappa shape index (κ3) is 1.27. The molecule has 2 nitrogen and oxygen atoms in total. The van der Waals surface area contributed by atoms with Crippen molar-refractivity contribution in [1.29, 1.82) is 0 Å². The monoisotopic (exact) mass is 140 g/mol. The average molecular weight is 140 g/mol. The van der Waals surface area contributed by atoms with Gasteiger partial charge in [0.05, 0.1) is 6.10 Å². The van der Waals surface area contributed by atoms with E-state index in [1.165, 1.54) is 6.08 Å². The van der Waals surface area contributed by atoms with Gasteiger partial charge >= 0.3 is 0 Å². The Morgan fingerprint density at radius 2 is 2.50 bits per heavy atom. The molecule has 2 heteroatoms. The van der Waals surface area contributed by atoms with Crippen LogP contribution in [0.2, 0.25) is 0 Å². The van der Waals surface area contributed by atoms with Gasteiger partial charge in [0.2, 0.25) is 0 Å². The minimum atomic E-state index is -0.616. The van der Waals surface area contributed by atoms with Crippen LogP contribution in [0.15, 0.2) is 12.7 Å². The summed E-state index contributed by atoms with van der Waals surface area (Å²) in [7, 11) is 0. The molecule has 0 saturated heterocycles. The van der Waals surface area contributed by atoms with Gasteiger partial charge in [-0.15, -0.1) is 6.58 Å². The highest BCUT2D eigenvalue weighted by Gasteiger charge is 2.28. The molecule has 10 heavy (non-hydrogen) atoms. The number of aliphatic hydroxyl groups excluding tert-OH is 1. The average Bonchev–Trinajstić information content (AvgIpc) is 2.34. The Hall–Kier alpha value is -0.630. The van der Waals surface area contributed by atoms with E-state index in [1.807, 2.05) is 0 Å². The normalized spacial score (nSPS) is 28.5. The topological polar surface area (TPSA) is 37.3 Å². The number of Topliss-reactive ketones (excluding diaryl/α,β-unsaturated/α-hetero) is 1. The summed E-state index contributed by atoms with van der Waals surface area (Å²) in [6, 6.07) is 0.